The van der Waals surface area contributed by atoms with Crippen LogP contribution in [0.3, 0.4) is 0 Å². The van der Waals surface area contributed by atoms with Crippen molar-refractivity contribution < 1.29 is 4.39 Å². The minimum Gasteiger partial charge on any atom is -0.357 e. The van der Waals surface area contributed by atoms with Crippen molar-refractivity contribution in [2.24, 2.45) is 0 Å². The van der Waals surface area contributed by atoms with E-state index in [1.54, 1.807) is 23.5 Å². The van der Waals surface area contributed by atoms with Gasteiger partial charge in [0.2, 0.25) is 0 Å². The molecule has 0 bridgehead atoms. The summed E-state index contributed by atoms with van der Waals surface area (Å²) >= 11 is 5.00. The van der Waals surface area contributed by atoms with E-state index < -0.39 is 0 Å². The fourth-order valence-corrected chi connectivity index (χ4v) is 3.20. The predicted molar refractivity (Wildman–Crippen MR) is 81.0 cm³/mol. The molecule has 1 N–H and O–H groups in total. The summed E-state index contributed by atoms with van der Waals surface area (Å²) in [6.45, 7) is 0.438. The number of nitrogens with zero attached hydrogens (tertiary/aromatic N) is 1. The highest BCUT2D eigenvalue weighted by molar-refractivity contribution is 9.10. The van der Waals surface area contributed by atoms with Gasteiger partial charge in [-0.05, 0) is 24.3 Å². The second kappa shape index (κ2) is 5.27. The van der Waals surface area contributed by atoms with Crippen molar-refractivity contribution in [1.29, 1.82) is 0 Å². The lowest BCUT2D eigenvalue weighted by molar-refractivity contribution is 0.613. The van der Waals surface area contributed by atoms with E-state index in [0.717, 1.165) is 19.8 Å². The third kappa shape index (κ3) is 2.77. The van der Waals surface area contributed by atoms with Gasteiger partial charge in [0.1, 0.15) is 5.82 Å². The number of anilines is 1. The molecule has 0 aliphatic rings. The van der Waals surface area contributed by atoms with Crippen LogP contribution in [0.5, 0.6) is 0 Å². The molecule has 5 heteroatoms. The van der Waals surface area contributed by atoms with Gasteiger partial charge in [-0.15, -0.1) is 0 Å². The fraction of sp³-hybridized carbons (Fsp3) is 0.0714. The van der Waals surface area contributed by atoms with Crippen LogP contribution in [0.4, 0.5) is 9.52 Å². The zero-order valence-electron chi connectivity index (χ0n) is 9.86. The Bertz CT molecular complexity index is 726. The lowest BCUT2D eigenvalue weighted by Gasteiger charge is -2.03. The number of halogens is 2. The minimum absolute atomic E-state index is 0.196. The quantitative estimate of drug-likeness (QED) is 0.742. The molecule has 19 heavy (non-hydrogen) atoms. The molecule has 0 unspecified atom stereocenters. The highest BCUT2D eigenvalue weighted by Gasteiger charge is 2.05. The molecule has 0 amide bonds. The standard InChI is InChI=1S/C14H10BrFN2S/c15-10-5-6-12-13(7-10)19-14(18-12)17-8-9-3-1-2-4-11(9)16/h1-7H,8H2,(H,17,18). The Hall–Kier alpha value is -1.46. The van der Waals surface area contributed by atoms with E-state index in [-0.39, 0.29) is 5.82 Å². The molecule has 3 rings (SSSR count). The van der Waals surface area contributed by atoms with Gasteiger partial charge >= 0.3 is 0 Å². The predicted octanol–water partition coefficient (Wildman–Crippen LogP) is 4.81. The summed E-state index contributed by atoms with van der Waals surface area (Å²) in [5.74, 6) is -0.196. The van der Waals surface area contributed by atoms with Crippen molar-refractivity contribution in [1.82, 2.24) is 4.98 Å². The molecule has 2 aromatic carbocycles. The smallest absolute Gasteiger partial charge is 0.184 e. The minimum atomic E-state index is -0.196. The van der Waals surface area contributed by atoms with E-state index >= 15 is 0 Å². The van der Waals surface area contributed by atoms with Crippen LogP contribution in [-0.2, 0) is 6.54 Å². The lowest BCUT2D eigenvalue weighted by atomic mass is 10.2. The van der Waals surface area contributed by atoms with Crippen molar-refractivity contribution in [3.8, 4) is 0 Å². The highest BCUT2D eigenvalue weighted by atomic mass is 79.9. The molecule has 0 spiro atoms. The Morgan fingerprint density at radius 3 is 2.89 bits per heavy atom. The van der Waals surface area contributed by atoms with Crippen molar-refractivity contribution in [3.05, 3.63) is 58.3 Å². The number of fused-ring (bicyclic) bond motifs is 1. The van der Waals surface area contributed by atoms with Crippen molar-refractivity contribution >= 4 is 42.6 Å². The SMILES string of the molecule is Fc1ccccc1CNc1nc2ccc(Br)cc2s1. The molecule has 0 saturated heterocycles. The van der Waals surface area contributed by atoms with Gasteiger partial charge in [0.05, 0.1) is 10.2 Å². The first kappa shape index (κ1) is 12.6. The Balaban J connectivity index is 1.80. The largest absolute Gasteiger partial charge is 0.357 e. The van der Waals surface area contributed by atoms with Crippen LogP contribution in [-0.4, -0.2) is 4.98 Å². The van der Waals surface area contributed by atoms with Crippen LogP contribution in [0.1, 0.15) is 5.56 Å². The molecule has 2 nitrogen and oxygen atoms in total. The number of hydrogen-bond donors (Lipinski definition) is 1. The number of nitrogens with one attached hydrogen (secondary N) is 1. The van der Waals surface area contributed by atoms with E-state index in [1.807, 2.05) is 24.3 Å². The van der Waals surface area contributed by atoms with E-state index in [9.17, 15) is 4.39 Å². The van der Waals surface area contributed by atoms with Gasteiger partial charge in [-0.3, -0.25) is 0 Å². The number of aromatic nitrogens is 1. The molecule has 3 aromatic rings. The van der Waals surface area contributed by atoms with Crippen molar-refractivity contribution in [2.75, 3.05) is 5.32 Å². The monoisotopic (exact) mass is 336 g/mol. The number of hydrogen-bond acceptors (Lipinski definition) is 3. The fourth-order valence-electron chi connectivity index (χ4n) is 1.79. The Kier molecular flexibility index (Phi) is 3.48. The summed E-state index contributed by atoms with van der Waals surface area (Å²) in [5.41, 5.74) is 1.59. The third-order valence-electron chi connectivity index (χ3n) is 2.74. The average Bonchev–Trinajstić information content (AvgIpc) is 2.79. The van der Waals surface area contributed by atoms with Crippen LogP contribution in [0.2, 0.25) is 0 Å². The van der Waals surface area contributed by atoms with Gasteiger partial charge in [0.15, 0.2) is 5.13 Å². The summed E-state index contributed by atoms with van der Waals surface area (Å²) in [5, 5.41) is 3.96. The van der Waals surface area contributed by atoms with E-state index in [0.29, 0.717) is 12.1 Å². The van der Waals surface area contributed by atoms with Crippen LogP contribution in [0.25, 0.3) is 10.2 Å². The van der Waals surface area contributed by atoms with Gasteiger partial charge in [0.25, 0.3) is 0 Å². The van der Waals surface area contributed by atoms with E-state index in [1.165, 1.54) is 6.07 Å². The second-order valence-electron chi connectivity index (χ2n) is 4.08. The molecule has 1 heterocycles. The molecule has 0 aliphatic carbocycles. The molecule has 0 atom stereocenters. The number of thiazole rings is 1. The first-order valence-electron chi connectivity index (χ1n) is 5.76. The van der Waals surface area contributed by atoms with Crippen LogP contribution in [0.15, 0.2) is 46.9 Å². The molecular formula is C14H10BrFN2S. The summed E-state index contributed by atoms with van der Waals surface area (Å²) in [7, 11) is 0. The average molecular weight is 337 g/mol. The Labute approximate surface area is 122 Å². The lowest BCUT2D eigenvalue weighted by Crippen LogP contribution is -2.00. The summed E-state index contributed by atoms with van der Waals surface area (Å²) in [6, 6.07) is 12.7. The number of benzene rings is 2. The van der Waals surface area contributed by atoms with Crippen LogP contribution in [0, 0.1) is 5.82 Å². The molecule has 0 fully saturated rings. The zero-order chi connectivity index (χ0) is 13.2. The Morgan fingerprint density at radius 2 is 2.05 bits per heavy atom. The maximum Gasteiger partial charge on any atom is 0.184 e. The highest BCUT2D eigenvalue weighted by Crippen LogP contribution is 2.28. The van der Waals surface area contributed by atoms with E-state index in [2.05, 4.69) is 26.2 Å². The molecular weight excluding hydrogens is 327 g/mol. The molecule has 0 saturated carbocycles. The molecule has 0 radical (unpaired) electrons. The van der Waals surface area contributed by atoms with Gasteiger partial charge in [-0.25, -0.2) is 9.37 Å². The van der Waals surface area contributed by atoms with Crippen LogP contribution >= 0.6 is 27.3 Å². The van der Waals surface area contributed by atoms with E-state index in [4.69, 9.17) is 0 Å². The van der Waals surface area contributed by atoms with Gasteiger partial charge < -0.3 is 5.32 Å². The molecule has 1 aromatic heterocycles. The second-order valence-corrected chi connectivity index (χ2v) is 6.02. The van der Waals surface area contributed by atoms with Crippen LogP contribution < -0.4 is 5.32 Å². The van der Waals surface area contributed by atoms with Gasteiger partial charge in [-0.1, -0.05) is 45.5 Å². The molecule has 96 valence electrons. The maximum atomic E-state index is 13.5. The van der Waals surface area contributed by atoms with Gasteiger partial charge in [0, 0.05) is 16.6 Å². The third-order valence-corrected chi connectivity index (χ3v) is 4.21. The Morgan fingerprint density at radius 1 is 1.21 bits per heavy atom. The summed E-state index contributed by atoms with van der Waals surface area (Å²) in [6.07, 6.45) is 0. The summed E-state index contributed by atoms with van der Waals surface area (Å²) < 4.78 is 15.6. The first-order valence-corrected chi connectivity index (χ1v) is 7.37. The van der Waals surface area contributed by atoms with Crippen molar-refractivity contribution in [2.45, 2.75) is 6.54 Å². The summed E-state index contributed by atoms with van der Waals surface area (Å²) in [4.78, 5) is 4.46. The molecule has 0 aliphatic heterocycles. The number of rotatable bonds is 3. The first-order chi connectivity index (χ1) is 9.22. The maximum absolute atomic E-state index is 13.5. The topological polar surface area (TPSA) is 24.9 Å². The van der Waals surface area contributed by atoms with Crippen molar-refractivity contribution in [3.63, 3.8) is 0 Å². The normalized spacial score (nSPS) is 10.8. The van der Waals surface area contributed by atoms with Gasteiger partial charge in [-0.2, -0.15) is 0 Å². The zero-order valence-corrected chi connectivity index (χ0v) is 12.3.